The Morgan fingerprint density at radius 3 is 2.79 bits per heavy atom. The molecule has 0 fully saturated rings. The molecular weight excluding hydrogens is 422 g/mol. The summed E-state index contributed by atoms with van der Waals surface area (Å²) < 4.78 is 0. The highest BCUT2D eigenvalue weighted by molar-refractivity contribution is 5.87. The molecular formula is C27H41N7. The predicted octanol–water partition coefficient (Wildman–Crippen LogP) is 4.91. The molecule has 2 aromatic heterocycles. The van der Waals surface area contributed by atoms with E-state index < -0.39 is 0 Å². The highest BCUT2D eigenvalue weighted by Crippen LogP contribution is 2.22. The Hall–Kier alpha value is -3.42. The van der Waals surface area contributed by atoms with Gasteiger partial charge in [0.2, 0.25) is 0 Å². The van der Waals surface area contributed by atoms with E-state index in [1.54, 1.807) is 6.20 Å². The molecule has 0 spiro atoms. The fourth-order valence-electron chi connectivity index (χ4n) is 3.97. The molecule has 34 heavy (non-hydrogen) atoms. The number of hydrogen-bond acceptors (Lipinski definition) is 7. The van der Waals surface area contributed by atoms with Crippen LogP contribution in [0.2, 0.25) is 0 Å². The van der Waals surface area contributed by atoms with Gasteiger partial charge in [-0.25, -0.2) is 4.98 Å². The van der Waals surface area contributed by atoms with Gasteiger partial charge in [-0.2, -0.15) is 0 Å². The van der Waals surface area contributed by atoms with Crippen LogP contribution in [-0.2, 0) is 6.42 Å². The molecule has 1 aliphatic heterocycles. The molecule has 184 valence electrons. The number of benzene rings is 1. The number of hydrogen-bond donors (Lipinski definition) is 4. The van der Waals surface area contributed by atoms with E-state index >= 15 is 0 Å². The van der Waals surface area contributed by atoms with Crippen molar-refractivity contribution in [1.29, 1.82) is 0 Å². The quantitative estimate of drug-likeness (QED) is 0.351. The van der Waals surface area contributed by atoms with Crippen molar-refractivity contribution in [1.82, 2.24) is 26.3 Å². The molecule has 0 amide bonds. The maximum atomic E-state index is 6.11. The maximum Gasteiger partial charge on any atom is 0.126 e. The average molecular weight is 464 g/mol. The van der Waals surface area contributed by atoms with Gasteiger partial charge in [0.1, 0.15) is 5.82 Å². The van der Waals surface area contributed by atoms with Gasteiger partial charge in [-0.1, -0.05) is 25.6 Å². The molecule has 3 heterocycles. The molecule has 4 rings (SSSR count). The molecule has 1 aliphatic rings. The summed E-state index contributed by atoms with van der Waals surface area (Å²) in [7, 11) is 4.00. The minimum Gasteiger partial charge on any atom is -0.397 e. The second-order valence-corrected chi connectivity index (χ2v) is 8.34. The summed E-state index contributed by atoms with van der Waals surface area (Å²) in [5.41, 5.74) is 11.7. The lowest BCUT2D eigenvalue weighted by molar-refractivity contribution is 0.369. The fourth-order valence-corrected chi connectivity index (χ4v) is 3.97. The van der Waals surface area contributed by atoms with Gasteiger partial charge in [-0.05, 0) is 72.7 Å². The number of pyridine rings is 2. The van der Waals surface area contributed by atoms with E-state index in [2.05, 4.69) is 69.0 Å². The first kappa shape index (κ1) is 26.8. The van der Waals surface area contributed by atoms with E-state index in [1.165, 1.54) is 11.1 Å². The number of nitrogens with one attached hydrogen (secondary N) is 2. The number of nitrogens with zero attached hydrogens (tertiary/aromatic N) is 3. The smallest absolute Gasteiger partial charge is 0.126 e. The Morgan fingerprint density at radius 1 is 1.18 bits per heavy atom. The molecule has 0 saturated carbocycles. The molecule has 7 N–H and O–H groups in total. The zero-order valence-corrected chi connectivity index (χ0v) is 19.6. The first-order valence-electron chi connectivity index (χ1n) is 11.2. The number of nitrogens with two attached hydrogens (primary N) is 1. The third-order valence-electron chi connectivity index (χ3n) is 5.87. The Morgan fingerprint density at radius 2 is 2.03 bits per heavy atom. The lowest BCUT2D eigenvalue weighted by Crippen LogP contribution is -2.23. The molecule has 0 unspecified atom stereocenters. The van der Waals surface area contributed by atoms with E-state index in [0.717, 1.165) is 66.7 Å². The summed E-state index contributed by atoms with van der Waals surface area (Å²) in [6.45, 7) is 2.97. The topological polar surface area (TPSA) is 114 Å². The van der Waals surface area contributed by atoms with Gasteiger partial charge < -0.3 is 27.4 Å². The first-order chi connectivity index (χ1) is 15.6. The molecule has 1 aromatic carbocycles. The van der Waals surface area contributed by atoms with Crippen LogP contribution in [0.25, 0.3) is 22.0 Å². The average Bonchev–Trinajstić information content (AvgIpc) is 2.82. The molecule has 7 nitrogen and oxygen atoms in total. The van der Waals surface area contributed by atoms with Gasteiger partial charge in [-0.3, -0.25) is 4.98 Å². The first-order valence-corrected chi connectivity index (χ1v) is 11.2. The third-order valence-corrected chi connectivity index (χ3v) is 5.87. The van der Waals surface area contributed by atoms with Crippen LogP contribution in [0.3, 0.4) is 0 Å². The summed E-state index contributed by atoms with van der Waals surface area (Å²) >= 11 is 0. The van der Waals surface area contributed by atoms with Crippen LogP contribution in [-0.4, -0.2) is 48.6 Å². The number of aryl methyl sites for hydroxylation is 1. The van der Waals surface area contributed by atoms with Crippen molar-refractivity contribution in [2.75, 3.05) is 39.0 Å². The second-order valence-electron chi connectivity index (χ2n) is 8.34. The molecule has 0 saturated heterocycles. The standard InChI is InChI=1S/C26H32N6.CH4.H3N.H2/c1-28-18-24(27)21-5-6-22-17-31-26(16-23(22)15-21)30-10-3-4-19-7-11-29-25(14-19)20-8-12-32(2)13-9-20;;;/h5-8,11,14-18,28H,3-4,9-10,12-13,27H2,1-2H3,(H,30,31);1H4;1H3;1H/b24-18-;;;. The highest BCUT2D eigenvalue weighted by Gasteiger charge is 2.11. The van der Waals surface area contributed by atoms with E-state index in [-0.39, 0.29) is 15.0 Å². The molecule has 0 bridgehead atoms. The zero-order valence-electron chi connectivity index (χ0n) is 19.6. The number of fused-ring (bicyclic) bond motifs is 1. The molecule has 0 atom stereocenters. The minimum absolute atomic E-state index is 0. The van der Waals surface area contributed by atoms with Crippen molar-refractivity contribution in [3.63, 3.8) is 0 Å². The van der Waals surface area contributed by atoms with Crippen LogP contribution in [0.5, 0.6) is 0 Å². The number of rotatable bonds is 8. The van der Waals surface area contributed by atoms with Gasteiger partial charge in [0.05, 0.1) is 11.4 Å². The zero-order chi connectivity index (χ0) is 22.3. The summed E-state index contributed by atoms with van der Waals surface area (Å²) in [5, 5.41) is 8.66. The fraction of sp³-hybridized carbons (Fsp3) is 0.333. The van der Waals surface area contributed by atoms with E-state index in [9.17, 15) is 0 Å². The summed E-state index contributed by atoms with van der Waals surface area (Å²) in [5.74, 6) is 0.887. The van der Waals surface area contributed by atoms with Crippen LogP contribution in [0.15, 0.2) is 61.1 Å². The van der Waals surface area contributed by atoms with Crippen LogP contribution in [0.1, 0.15) is 38.5 Å². The van der Waals surface area contributed by atoms with Crippen molar-refractivity contribution in [3.8, 4) is 0 Å². The summed E-state index contributed by atoms with van der Waals surface area (Å²) in [6, 6.07) is 12.6. The molecule has 0 aliphatic carbocycles. The largest absolute Gasteiger partial charge is 0.397 e. The van der Waals surface area contributed by atoms with Crippen molar-refractivity contribution in [2.45, 2.75) is 26.7 Å². The number of aromatic nitrogens is 2. The van der Waals surface area contributed by atoms with Crippen LogP contribution in [0, 0.1) is 0 Å². The van der Waals surface area contributed by atoms with Gasteiger partial charge in [0, 0.05) is 52.1 Å². The summed E-state index contributed by atoms with van der Waals surface area (Å²) in [4.78, 5) is 11.5. The van der Waals surface area contributed by atoms with Crippen LogP contribution < -0.4 is 22.5 Å². The van der Waals surface area contributed by atoms with E-state index in [0.29, 0.717) is 5.70 Å². The monoisotopic (exact) mass is 463 g/mol. The molecule has 0 radical (unpaired) electrons. The van der Waals surface area contributed by atoms with Crippen molar-refractivity contribution in [2.24, 2.45) is 5.73 Å². The number of anilines is 1. The Labute approximate surface area is 205 Å². The van der Waals surface area contributed by atoms with Gasteiger partial charge in [0.25, 0.3) is 0 Å². The van der Waals surface area contributed by atoms with E-state index in [1.807, 2.05) is 25.5 Å². The highest BCUT2D eigenvalue weighted by atomic mass is 15.1. The molecule has 3 aromatic rings. The number of likely N-dealkylation sites (N-methyl/N-ethyl adjacent to an activating group) is 1. The Kier molecular flexibility index (Phi) is 10.0. The van der Waals surface area contributed by atoms with Gasteiger partial charge in [-0.15, -0.1) is 0 Å². The SMILES string of the molecule is C.CN/C=C(\N)c1ccc2cnc(NCCCc3ccnc(C4=CCN(C)CC4)c3)cc2c1.N.[HH]. The third kappa shape index (κ3) is 6.79. The van der Waals surface area contributed by atoms with Crippen molar-refractivity contribution >= 4 is 27.9 Å². The minimum atomic E-state index is 0. The predicted molar refractivity (Wildman–Crippen MR) is 148 cm³/mol. The second kappa shape index (κ2) is 12.7. The molecule has 7 heteroatoms. The Bertz CT molecular complexity index is 1140. The lowest BCUT2D eigenvalue weighted by atomic mass is 10.0. The van der Waals surface area contributed by atoms with Crippen molar-refractivity contribution in [3.05, 3.63) is 77.9 Å². The van der Waals surface area contributed by atoms with Crippen LogP contribution in [0.4, 0.5) is 5.82 Å². The van der Waals surface area contributed by atoms with Gasteiger partial charge >= 0.3 is 0 Å². The van der Waals surface area contributed by atoms with Gasteiger partial charge in [0.15, 0.2) is 0 Å². The lowest BCUT2D eigenvalue weighted by Gasteiger charge is -2.21. The Balaban J connectivity index is 0.00000204. The normalized spacial score (nSPS) is 14.1. The van der Waals surface area contributed by atoms with Crippen LogP contribution >= 0.6 is 0 Å². The maximum absolute atomic E-state index is 6.11. The van der Waals surface area contributed by atoms with E-state index in [4.69, 9.17) is 5.73 Å². The van der Waals surface area contributed by atoms with Crippen molar-refractivity contribution < 1.29 is 1.43 Å². The summed E-state index contributed by atoms with van der Waals surface area (Å²) in [6.07, 6.45) is 11.1.